The molecular formula is C12H26N2S. The first kappa shape index (κ1) is 11.7. The normalized spacial score (nSPS) is 40.8. The lowest BCUT2D eigenvalue weighted by Crippen LogP contribution is -2.58. The van der Waals surface area contributed by atoms with Crippen LogP contribution < -0.4 is 0 Å². The maximum atomic E-state index is 2.71. The molecule has 90 valence electrons. The Morgan fingerprint density at radius 2 is 1.93 bits per heavy atom. The zero-order valence-electron chi connectivity index (χ0n) is 10.6. The summed E-state index contributed by atoms with van der Waals surface area (Å²) in [4.78, 5) is 5.38. The molecule has 0 amide bonds. The van der Waals surface area contributed by atoms with Gasteiger partial charge in [-0.1, -0.05) is 13.8 Å². The van der Waals surface area contributed by atoms with E-state index in [0.717, 1.165) is 16.8 Å². The van der Waals surface area contributed by atoms with Crippen molar-refractivity contribution in [2.24, 2.45) is 0 Å². The Hall–Kier alpha value is 0.270. The van der Waals surface area contributed by atoms with Gasteiger partial charge in [-0.25, -0.2) is 10.9 Å². The summed E-state index contributed by atoms with van der Waals surface area (Å²) in [5.41, 5.74) is 0. The number of nitrogens with zero attached hydrogens (tertiary/aromatic N) is 2. The highest BCUT2D eigenvalue weighted by molar-refractivity contribution is 8.17. The maximum absolute atomic E-state index is 2.71. The third kappa shape index (κ3) is 1.94. The van der Waals surface area contributed by atoms with Crippen molar-refractivity contribution in [1.82, 2.24) is 9.80 Å². The summed E-state index contributed by atoms with van der Waals surface area (Å²) in [6.45, 7) is 10.8. The molecule has 0 aromatic carbocycles. The van der Waals surface area contributed by atoms with Crippen LogP contribution in [0.1, 0.15) is 33.6 Å². The lowest BCUT2D eigenvalue weighted by atomic mass is 10.1. The third-order valence-corrected chi connectivity index (χ3v) is 7.28. The van der Waals surface area contributed by atoms with Crippen molar-refractivity contribution in [2.45, 2.75) is 50.4 Å². The molecule has 3 heteroatoms. The Kier molecular flexibility index (Phi) is 3.63. The van der Waals surface area contributed by atoms with Crippen LogP contribution in [-0.2, 0) is 0 Å². The lowest BCUT2D eigenvalue weighted by Gasteiger charge is -2.57. The first-order valence-corrected chi connectivity index (χ1v) is 8.33. The highest BCUT2D eigenvalue weighted by atomic mass is 32.2. The smallest absolute Gasteiger partial charge is 0.0408 e. The molecule has 0 saturated carbocycles. The van der Waals surface area contributed by atoms with Crippen LogP contribution in [0.5, 0.6) is 0 Å². The summed E-state index contributed by atoms with van der Waals surface area (Å²) in [5.74, 6) is 0. The number of hydrogen-bond acceptors (Lipinski definition) is 2. The Bertz CT molecular complexity index is 220. The second-order valence-corrected chi connectivity index (χ2v) is 7.48. The predicted octanol–water partition coefficient (Wildman–Crippen LogP) is 2.11. The Morgan fingerprint density at radius 3 is 2.33 bits per heavy atom. The van der Waals surface area contributed by atoms with Gasteiger partial charge in [0.2, 0.25) is 0 Å². The molecule has 2 aliphatic heterocycles. The van der Waals surface area contributed by atoms with Crippen molar-refractivity contribution in [3.63, 3.8) is 0 Å². The SMILES string of the molecule is CCN1CCC1[SH](C)C1C[C@H](C)N1CC. The molecule has 0 bridgehead atoms. The van der Waals surface area contributed by atoms with E-state index >= 15 is 0 Å². The van der Waals surface area contributed by atoms with E-state index in [1.807, 2.05) is 0 Å². The second-order valence-electron chi connectivity index (χ2n) is 4.96. The minimum Gasteiger partial charge on any atom is -0.293 e. The second kappa shape index (κ2) is 4.64. The Labute approximate surface area is 97.4 Å². The van der Waals surface area contributed by atoms with Gasteiger partial charge in [0, 0.05) is 23.3 Å². The first-order chi connectivity index (χ1) is 7.19. The van der Waals surface area contributed by atoms with Gasteiger partial charge in [-0.2, -0.15) is 0 Å². The molecule has 0 N–H and O–H groups in total. The fraction of sp³-hybridized carbons (Fsp3) is 1.00. The molecule has 0 aromatic heterocycles. The average Bonchev–Trinajstić information content (AvgIpc) is 2.13. The minimum absolute atomic E-state index is 0.205. The zero-order chi connectivity index (χ0) is 11.0. The topological polar surface area (TPSA) is 6.48 Å². The number of rotatable bonds is 4. The molecule has 4 atom stereocenters. The third-order valence-electron chi connectivity index (χ3n) is 4.31. The van der Waals surface area contributed by atoms with Crippen molar-refractivity contribution in [2.75, 3.05) is 25.9 Å². The lowest BCUT2D eigenvalue weighted by molar-refractivity contribution is 0.0818. The van der Waals surface area contributed by atoms with Crippen molar-refractivity contribution in [3.05, 3.63) is 0 Å². The molecule has 0 aromatic rings. The van der Waals surface area contributed by atoms with Gasteiger partial charge >= 0.3 is 0 Å². The zero-order valence-corrected chi connectivity index (χ0v) is 11.5. The van der Waals surface area contributed by atoms with Crippen LogP contribution in [0.3, 0.4) is 0 Å². The van der Waals surface area contributed by atoms with E-state index in [2.05, 4.69) is 36.8 Å². The maximum Gasteiger partial charge on any atom is 0.0408 e. The molecule has 2 saturated heterocycles. The van der Waals surface area contributed by atoms with E-state index in [1.165, 1.54) is 32.5 Å². The summed E-state index contributed by atoms with van der Waals surface area (Å²) in [6.07, 6.45) is 5.43. The molecule has 3 unspecified atom stereocenters. The summed E-state index contributed by atoms with van der Waals surface area (Å²) < 4.78 is 0. The van der Waals surface area contributed by atoms with E-state index in [4.69, 9.17) is 0 Å². The van der Waals surface area contributed by atoms with Gasteiger partial charge in [0.15, 0.2) is 0 Å². The summed E-state index contributed by atoms with van der Waals surface area (Å²) in [5, 5.41) is 1.87. The van der Waals surface area contributed by atoms with Crippen LogP contribution in [-0.4, -0.2) is 52.5 Å². The molecule has 0 radical (unpaired) electrons. The fourth-order valence-electron chi connectivity index (χ4n) is 3.11. The molecule has 0 spiro atoms. The standard InChI is InChI=1S/C12H26N2S/c1-5-13-8-7-11(13)15(4)12-9-10(3)14(12)6-2/h10-12,15H,5-9H2,1-4H3/t10-,11?,12?/m0/s1. The molecule has 2 heterocycles. The summed E-state index contributed by atoms with van der Waals surface area (Å²) in [6, 6.07) is 0.847. The van der Waals surface area contributed by atoms with Gasteiger partial charge in [0.25, 0.3) is 0 Å². The van der Waals surface area contributed by atoms with Crippen LogP contribution in [0.15, 0.2) is 0 Å². The predicted molar refractivity (Wildman–Crippen MR) is 70.8 cm³/mol. The van der Waals surface area contributed by atoms with Gasteiger partial charge in [-0.05, 0) is 39.1 Å². The quantitative estimate of drug-likeness (QED) is 0.739. The van der Waals surface area contributed by atoms with Crippen LogP contribution in [0.25, 0.3) is 0 Å². The number of thiol groups is 1. The van der Waals surface area contributed by atoms with Crippen molar-refractivity contribution >= 4 is 10.9 Å². The molecule has 2 nitrogen and oxygen atoms in total. The Morgan fingerprint density at radius 1 is 1.20 bits per heavy atom. The highest BCUT2D eigenvalue weighted by Gasteiger charge is 2.41. The van der Waals surface area contributed by atoms with Gasteiger partial charge < -0.3 is 0 Å². The number of hydrogen-bond donors (Lipinski definition) is 1. The van der Waals surface area contributed by atoms with Crippen LogP contribution in [0.4, 0.5) is 0 Å². The van der Waals surface area contributed by atoms with Gasteiger partial charge in [-0.15, -0.1) is 0 Å². The van der Waals surface area contributed by atoms with E-state index in [-0.39, 0.29) is 10.9 Å². The summed E-state index contributed by atoms with van der Waals surface area (Å²) in [7, 11) is 0.205. The Balaban J connectivity index is 1.88. The van der Waals surface area contributed by atoms with Crippen molar-refractivity contribution in [3.8, 4) is 0 Å². The summed E-state index contributed by atoms with van der Waals surface area (Å²) >= 11 is 0. The van der Waals surface area contributed by atoms with E-state index in [9.17, 15) is 0 Å². The first-order valence-electron chi connectivity index (χ1n) is 6.40. The molecule has 15 heavy (non-hydrogen) atoms. The van der Waals surface area contributed by atoms with Gasteiger partial charge in [-0.3, -0.25) is 9.80 Å². The monoisotopic (exact) mass is 230 g/mol. The molecule has 2 rings (SSSR count). The van der Waals surface area contributed by atoms with Gasteiger partial charge in [0.05, 0.1) is 0 Å². The van der Waals surface area contributed by atoms with E-state index < -0.39 is 0 Å². The largest absolute Gasteiger partial charge is 0.293 e. The fourth-order valence-corrected chi connectivity index (χ4v) is 6.32. The molecule has 2 fully saturated rings. The molecular weight excluding hydrogens is 204 g/mol. The van der Waals surface area contributed by atoms with Crippen molar-refractivity contribution in [1.29, 1.82) is 0 Å². The van der Waals surface area contributed by atoms with Crippen LogP contribution >= 0.6 is 10.9 Å². The minimum atomic E-state index is 0.205. The average molecular weight is 230 g/mol. The number of likely N-dealkylation sites (tertiary alicyclic amines) is 2. The van der Waals surface area contributed by atoms with Crippen LogP contribution in [0, 0.1) is 0 Å². The highest BCUT2D eigenvalue weighted by Crippen LogP contribution is 2.49. The van der Waals surface area contributed by atoms with E-state index in [0.29, 0.717) is 0 Å². The van der Waals surface area contributed by atoms with E-state index in [1.54, 1.807) is 0 Å². The van der Waals surface area contributed by atoms with Crippen LogP contribution in [0.2, 0.25) is 0 Å². The molecule has 2 aliphatic rings. The van der Waals surface area contributed by atoms with Crippen molar-refractivity contribution < 1.29 is 0 Å². The van der Waals surface area contributed by atoms with Gasteiger partial charge in [0.1, 0.15) is 0 Å². The molecule has 0 aliphatic carbocycles.